The van der Waals surface area contributed by atoms with E-state index in [1.807, 2.05) is 0 Å². The summed E-state index contributed by atoms with van der Waals surface area (Å²) in [4.78, 5) is 24.3. The summed E-state index contributed by atoms with van der Waals surface area (Å²) in [6.07, 6.45) is 27.6. The van der Waals surface area contributed by atoms with Gasteiger partial charge in [0.05, 0.1) is 19.6 Å². The predicted octanol–water partition coefficient (Wildman–Crippen LogP) is 6.24. The monoisotopic (exact) mass is 614 g/mol. The molecule has 0 aliphatic carbocycles. The van der Waals surface area contributed by atoms with Gasteiger partial charge < -0.3 is 10.9 Å². The second kappa shape index (κ2) is 31.3. The Morgan fingerprint density at radius 1 is 0.561 bits per heavy atom. The Hall–Kier alpha value is -0.150. The molecule has 0 spiro atoms. The Labute approximate surface area is 276 Å². The Bertz CT molecular complexity index is 707. The summed E-state index contributed by atoms with van der Waals surface area (Å²) in [7, 11) is -4.76. The van der Waals surface area contributed by atoms with Crippen LogP contribution < -0.4 is 29.6 Å². The van der Waals surface area contributed by atoms with Gasteiger partial charge in [-0.1, -0.05) is 155 Å². The van der Waals surface area contributed by atoms with Crippen LogP contribution >= 0.6 is 0 Å². The second-order valence-corrected chi connectivity index (χ2v) is 13.0. The number of hydrogen-bond donors (Lipinski definition) is 1. The van der Waals surface area contributed by atoms with Gasteiger partial charge in [-0.15, -0.1) is 0 Å². The third-order valence-electron chi connectivity index (χ3n) is 7.48. The average Bonchev–Trinajstić information content (AvgIpc) is 2.91. The van der Waals surface area contributed by atoms with Gasteiger partial charge in [0, 0.05) is 0 Å². The van der Waals surface area contributed by atoms with Gasteiger partial charge in [-0.3, -0.25) is 14.1 Å². The summed E-state index contributed by atoms with van der Waals surface area (Å²) in [5.74, 6) is -1.90. The molecule has 0 aliphatic heterocycles. The zero-order valence-corrected chi connectivity index (χ0v) is 29.8. The van der Waals surface area contributed by atoms with Crippen molar-refractivity contribution in [3.8, 4) is 0 Å². The number of carbonyl (C=O) groups is 2. The normalized spacial score (nSPS) is 12.1. The van der Waals surface area contributed by atoms with Crippen molar-refractivity contribution >= 4 is 22.1 Å². The van der Waals surface area contributed by atoms with Crippen LogP contribution in [0.3, 0.4) is 0 Å². The van der Waals surface area contributed by atoms with Crippen LogP contribution in [0.25, 0.3) is 0 Å². The fourth-order valence-corrected chi connectivity index (χ4v) is 5.52. The minimum absolute atomic E-state index is 0. The molecule has 0 aliphatic rings. The van der Waals surface area contributed by atoms with Crippen molar-refractivity contribution < 1.29 is 63.0 Å². The molecule has 0 heterocycles. The van der Waals surface area contributed by atoms with Crippen LogP contribution in [0, 0.1) is 0 Å². The predicted molar refractivity (Wildman–Crippen MR) is 165 cm³/mol. The maximum Gasteiger partial charge on any atom is 1.00 e. The maximum atomic E-state index is 12.2. The van der Waals surface area contributed by atoms with Crippen LogP contribution in [0.5, 0.6) is 0 Å². The Morgan fingerprint density at radius 2 is 0.854 bits per heavy atom. The van der Waals surface area contributed by atoms with Gasteiger partial charge in [-0.05, 0) is 12.8 Å². The molecular weight excluding hydrogens is 551 g/mol. The molecule has 0 aromatic rings. The molecule has 41 heavy (non-hydrogen) atoms. The molecule has 0 saturated carbocycles. The first-order chi connectivity index (χ1) is 19.3. The van der Waals surface area contributed by atoms with E-state index in [0.717, 1.165) is 32.1 Å². The zero-order chi connectivity index (χ0) is 29.7. The standard InChI is InChI=1S/C32H62O7S.Na.H/c1-3-5-7-9-11-13-15-17-19-21-23-25-27-38-31(33)29-30(40(35,36)37)32(34)39-28-26-24-22-20-18-16-14-12-10-8-6-4-2;;/h30H,3-29H2,1-2H3,(H,35,36,37);;/q;+1;-1. The van der Waals surface area contributed by atoms with Crippen molar-refractivity contribution in [1.82, 2.24) is 0 Å². The van der Waals surface area contributed by atoms with E-state index in [1.54, 1.807) is 0 Å². The Kier molecular flexibility index (Phi) is 32.8. The minimum atomic E-state index is -4.76. The van der Waals surface area contributed by atoms with Crippen LogP contribution in [0.15, 0.2) is 0 Å². The van der Waals surface area contributed by atoms with Gasteiger partial charge in [0.2, 0.25) is 0 Å². The van der Waals surface area contributed by atoms with Crippen molar-refractivity contribution in [2.45, 2.75) is 180 Å². The maximum absolute atomic E-state index is 12.2. The minimum Gasteiger partial charge on any atom is -1.00 e. The van der Waals surface area contributed by atoms with Crippen LogP contribution in [-0.4, -0.2) is 43.4 Å². The molecule has 1 N–H and O–H groups in total. The molecule has 0 amide bonds. The van der Waals surface area contributed by atoms with Crippen molar-refractivity contribution in [3.05, 3.63) is 0 Å². The van der Waals surface area contributed by atoms with Gasteiger partial charge in [-0.25, -0.2) is 0 Å². The number of rotatable bonds is 30. The summed E-state index contributed by atoms with van der Waals surface area (Å²) in [5.41, 5.74) is 0. The fourth-order valence-electron chi connectivity index (χ4n) is 4.86. The first kappa shape index (κ1) is 43.0. The third kappa shape index (κ3) is 29.7. The third-order valence-corrected chi connectivity index (χ3v) is 8.56. The van der Waals surface area contributed by atoms with Gasteiger partial charge in [-0.2, -0.15) is 8.42 Å². The number of esters is 2. The molecule has 1 atom stereocenters. The largest absolute Gasteiger partial charge is 1.00 e. The van der Waals surface area contributed by atoms with E-state index in [0.29, 0.717) is 12.8 Å². The van der Waals surface area contributed by atoms with Crippen LogP contribution in [-0.2, 0) is 29.2 Å². The summed E-state index contributed by atoms with van der Waals surface area (Å²) in [5, 5.41) is -1.93. The van der Waals surface area contributed by atoms with Crippen molar-refractivity contribution in [2.75, 3.05) is 13.2 Å². The second-order valence-electron chi connectivity index (χ2n) is 11.4. The quantitative estimate of drug-likeness (QED) is 0.0442. The zero-order valence-electron chi connectivity index (χ0n) is 28.0. The molecule has 0 saturated heterocycles. The van der Waals surface area contributed by atoms with E-state index in [-0.39, 0.29) is 44.2 Å². The van der Waals surface area contributed by atoms with Crippen LogP contribution in [0.4, 0.5) is 0 Å². The van der Waals surface area contributed by atoms with Crippen molar-refractivity contribution in [2.24, 2.45) is 0 Å². The first-order valence-corrected chi connectivity index (χ1v) is 18.1. The molecule has 9 heteroatoms. The molecular formula is C32H63NaO7S. The average molecular weight is 615 g/mol. The topological polar surface area (TPSA) is 107 Å². The first-order valence-electron chi connectivity index (χ1n) is 16.6. The molecule has 0 aromatic heterocycles. The molecule has 240 valence electrons. The summed E-state index contributed by atoms with van der Waals surface area (Å²) in [6, 6.07) is 0. The van der Waals surface area contributed by atoms with Crippen LogP contribution in [0.1, 0.15) is 176 Å². The molecule has 0 rings (SSSR count). The van der Waals surface area contributed by atoms with E-state index >= 15 is 0 Å². The van der Waals surface area contributed by atoms with Gasteiger partial charge in [0.1, 0.15) is 0 Å². The molecule has 7 nitrogen and oxygen atoms in total. The molecule has 0 aromatic carbocycles. The summed E-state index contributed by atoms with van der Waals surface area (Å²) >= 11 is 0. The Balaban J connectivity index is -0.00000760. The van der Waals surface area contributed by atoms with E-state index < -0.39 is 33.7 Å². The van der Waals surface area contributed by atoms with Gasteiger partial charge in [0.15, 0.2) is 5.25 Å². The van der Waals surface area contributed by atoms with Gasteiger partial charge in [0.25, 0.3) is 10.1 Å². The number of carbonyl (C=O) groups excluding carboxylic acids is 2. The van der Waals surface area contributed by atoms with E-state index in [2.05, 4.69) is 13.8 Å². The smallest absolute Gasteiger partial charge is 1.00 e. The molecule has 1 unspecified atom stereocenters. The van der Waals surface area contributed by atoms with E-state index in [4.69, 9.17) is 9.47 Å². The molecule has 0 bridgehead atoms. The fraction of sp³-hybridized carbons (Fsp3) is 0.938. The van der Waals surface area contributed by atoms with E-state index in [9.17, 15) is 22.6 Å². The summed E-state index contributed by atoms with van der Waals surface area (Å²) < 4.78 is 43.0. The number of unbranched alkanes of at least 4 members (excludes halogenated alkanes) is 22. The SMILES string of the molecule is CCCCCCCCCCCCCCOC(=O)CC(C(=O)OCCCCCCCCCCCCCC)S(=O)(=O)O.[H-].[Na+]. The molecule has 0 radical (unpaired) electrons. The van der Waals surface area contributed by atoms with Gasteiger partial charge >= 0.3 is 41.5 Å². The van der Waals surface area contributed by atoms with Crippen molar-refractivity contribution in [1.29, 1.82) is 0 Å². The number of hydrogen-bond acceptors (Lipinski definition) is 6. The number of ether oxygens (including phenoxy) is 2. The Morgan fingerprint density at radius 3 is 1.17 bits per heavy atom. The van der Waals surface area contributed by atoms with E-state index in [1.165, 1.54) is 109 Å². The van der Waals surface area contributed by atoms with Crippen LogP contribution in [0.2, 0.25) is 0 Å². The van der Waals surface area contributed by atoms with Crippen molar-refractivity contribution in [3.63, 3.8) is 0 Å². The summed E-state index contributed by atoms with van der Waals surface area (Å²) in [6.45, 7) is 4.72. The molecule has 0 fully saturated rings.